The van der Waals surface area contributed by atoms with Crippen molar-refractivity contribution < 1.29 is 42.5 Å². The van der Waals surface area contributed by atoms with Gasteiger partial charge in [0.1, 0.15) is 11.6 Å². The summed E-state index contributed by atoms with van der Waals surface area (Å²) in [4.78, 5) is 36.7. The van der Waals surface area contributed by atoms with Crippen LogP contribution >= 0.6 is 0 Å². The zero-order chi connectivity index (χ0) is 26.7. The Balaban J connectivity index is 0.00000135. The van der Waals surface area contributed by atoms with E-state index in [-0.39, 0.29) is 6.04 Å². The van der Waals surface area contributed by atoms with E-state index < -0.39 is 43.9 Å². The van der Waals surface area contributed by atoms with Crippen molar-refractivity contribution in [3.63, 3.8) is 0 Å². The van der Waals surface area contributed by atoms with Gasteiger partial charge in [-0.2, -0.15) is 13.2 Å². The highest BCUT2D eigenvalue weighted by Gasteiger charge is 2.38. The third kappa shape index (κ3) is 16.0. The molecule has 34 heavy (non-hydrogen) atoms. The van der Waals surface area contributed by atoms with Crippen LogP contribution in [0, 0.1) is 0 Å². The first-order chi connectivity index (χ1) is 15.3. The first-order valence-corrected chi connectivity index (χ1v) is 14.2. The molecule has 13 heteroatoms. The van der Waals surface area contributed by atoms with Crippen molar-refractivity contribution >= 4 is 26.1 Å². The Labute approximate surface area is 198 Å². The summed E-state index contributed by atoms with van der Waals surface area (Å²) in [5.41, 5.74) is 0.268. The van der Waals surface area contributed by atoms with Gasteiger partial charge >= 0.3 is 24.2 Å². The molecule has 4 N–H and O–H groups in total. The van der Waals surface area contributed by atoms with E-state index in [0.29, 0.717) is 13.0 Å². The first-order valence-electron chi connectivity index (χ1n) is 10.4. The normalized spacial score (nSPS) is 13.7. The molecule has 9 nitrogen and oxygen atoms in total. The summed E-state index contributed by atoms with van der Waals surface area (Å²) < 4.78 is 37.1. The molecule has 1 heterocycles. The minimum Gasteiger partial charge on any atom is -0.480 e. The van der Waals surface area contributed by atoms with Crippen molar-refractivity contribution in [1.82, 2.24) is 15.6 Å². The SMILES string of the molecule is CC(C)(C)OC(=O)N[C@H](CN[C@@H](Cc1cccnc1)C(=O)O)C[Si](C)(C)C.O=C(O)C(F)(F)F. The molecule has 0 fully saturated rings. The average molecular weight is 510 g/mol. The number of halogens is 3. The predicted molar refractivity (Wildman–Crippen MR) is 122 cm³/mol. The standard InChI is InChI=1S/C19H33N3O4Si.C2HF3O2/c1-19(2,3)26-18(25)22-15(13-27(4,5)6)12-21-16(17(23)24)10-14-8-7-9-20-11-14;3-2(4,5)1(6)7/h7-9,11,15-16,21H,10,12-13H2,1-6H3,(H,22,25)(H,23,24);(H,6,7)/t15-,16+;/m1./s1. The van der Waals surface area contributed by atoms with Crippen LogP contribution in [0.15, 0.2) is 24.5 Å². The molecule has 194 valence electrons. The largest absolute Gasteiger partial charge is 0.490 e. The van der Waals surface area contributed by atoms with Gasteiger partial charge in [0.25, 0.3) is 0 Å². The fraction of sp³-hybridized carbons (Fsp3) is 0.619. The van der Waals surface area contributed by atoms with Crippen LogP contribution in [0.25, 0.3) is 0 Å². The molecule has 0 saturated carbocycles. The number of ether oxygens (including phenoxy) is 1. The first kappa shape index (κ1) is 31.3. The molecular weight excluding hydrogens is 475 g/mol. The lowest BCUT2D eigenvalue weighted by Crippen LogP contribution is -2.50. The van der Waals surface area contributed by atoms with Crippen LogP contribution in [-0.2, 0) is 20.7 Å². The lowest BCUT2D eigenvalue weighted by molar-refractivity contribution is -0.192. The Morgan fingerprint density at radius 1 is 1.15 bits per heavy atom. The fourth-order valence-electron chi connectivity index (χ4n) is 2.67. The molecule has 0 unspecified atom stereocenters. The Morgan fingerprint density at radius 2 is 1.71 bits per heavy atom. The van der Waals surface area contributed by atoms with Crippen molar-refractivity contribution in [3.05, 3.63) is 30.1 Å². The van der Waals surface area contributed by atoms with E-state index in [1.54, 1.807) is 18.5 Å². The summed E-state index contributed by atoms with van der Waals surface area (Å²) in [6.45, 7) is 12.4. The monoisotopic (exact) mass is 509 g/mol. The fourth-order valence-corrected chi connectivity index (χ4v) is 4.40. The van der Waals surface area contributed by atoms with Gasteiger partial charge in [-0.05, 0) is 44.9 Å². The van der Waals surface area contributed by atoms with Gasteiger partial charge < -0.3 is 25.6 Å². The van der Waals surface area contributed by atoms with Gasteiger partial charge in [0.15, 0.2) is 0 Å². The molecule has 0 aromatic carbocycles. The van der Waals surface area contributed by atoms with E-state index in [1.807, 2.05) is 26.8 Å². The number of rotatable bonds is 9. The molecule has 0 aliphatic heterocycles. The smallest absolute Gasteiger partial charge is 0.480 e. The van der Waals surface area contributed by atoms with Gasteiger partial charge in [-0.1, -0.05) is 25.7 Å². The number of nitrogens with zero attached hydrogens (tertiary/aromatic N) is 1. The molecule has 1 amide bonds. The van der Waals surface area contributed by atoms with Crippen molar-refractivity contribution in [1.29, 1.82) is 0 Å². The number of aliphatic carboxylic acids is 2. The molecule has 0 aliphatic carbocycles. The lowest BCUT2D eigenvalue weighted by atomic mass is 10.1. The Bertz CT molecular complexity index is 796. The maximum absolute atomic E-state index is 12.2. The van der Waals surface area contributed by atoms with E-state index >= 15 is 0 Å². The van der Waals surface area contributed by atoms with Crippen LogP contribution in [-0.4, -0.2) is 71.7 Å². The third-order valence-corrected chi connectivity index (χ3v) is 5.61. The second kappa shape index (κ2) is 13.3. The van der Waals surface area contributed by atoms with Crippen molar-refractivity contribution in [3.8, 4) is 0 Å². The van der Waals surface area contributed by atoms with Crippen LogP contribution in [0.5, 0.6) is 0 Å². The van der Waals surface area contributed by atoms with E-state index in [2.05, 4.69) is 35.3 Å². The van der Waals surface area contributed by atoms with E-state index in [9.17, 15) is 27.9 Å². The topological polar surface area (TPSA) is 138 Å². The number of carbonyl (C=O) groups excluding carboxylic acids is 1. The van der Waals surface area contributed by atoms with Crippen molar-refractivity contribution in [2.24, 2.45) is 0 Å². The van der Waals surface area contributed by atoms with Gasteiger partial charge in [0.2, 0.25) is 0 Å². The number of hydrogen-bond acceptors (Lipinski definition) is 6. The molecular formula is C21H34F3N3O6Si. The summed E-state index contributed by atoms with van der Waals surface area (Å²) >= 11 is 0. The number of carbonyl (C=O) groups is 3. The molecule has 0 radical (unpaired) electrons. The van der Waals surface area contributed by atoms with Gasteiger partial charge in [-0.3, -0.25) is 9.78 Å². The number of amides is 1. The van der Waals surface area contributed by atoms with Crippen LogP contribution in [0.1, 0.15) is 26.3 Å². The Kier molecular flexibility index (Phi) is 12.2. The molecule has 1 aromatic rings. The number of alkyl halides is 3. The lowest BCUT2D eigenvalue weighted by Gasteiger charge is -2.28. The minimum atomic E-state index is -5.08. The number of hydrogen-bond donors (Lipinski definition) is 4. The highest BCUT2D eigenvalue weighted by molar-refractivity contribution is 6.76. The molecule has 1 aromatic heterocycles. The highest BCUT2D eigenvalue weighted by atomic mass is 28.3. The average Bonchev–Trinajstić information content (AvgIpc) is 2.62. The van der Waals surface area contributed by atoms with Crippen molar-refractivity contribution in [2.45, 2.75) is 76.7 Å². The third-order valence-electron chi connectivity index (χ3n) is 3.89. The van der Waals surface area contributed by atoms with Crippen LogP contribution in [0.4, 0.5) is 18.0 Å². The molecule has 0 aliphatic rings. The number of nitrogens with one attached hydrogen (secondary N) is 2. The van der Waals surface area contributed by atoms with Gasteiger partial charge in [0, 0.05) is 33.1 Å². The summed E-state index contributed by atoms with van der Waals surface area (Å²) in [6.07, 6.45) is -1.92. The minimum absolute atomic E-state index is 0.192. The second-order valence-corrected chi connectivity index (χ2v) is 15.3. The van der Waals surface area contributed by atoms with Crippen molar-refractivity contribution in [2.75, 3.05) is 6.54 Å². The maximum Gasteiger partial charge on any atom is 0.490 e. The van der Waals surface area contributed by atoms with Crippen LogP contribution in [0.3, 0.4) is 0 Å². The molecule has 2 atom stereocenters. The number of aromatic nitrogens is 1. The van der Waals surface area contributed by atoms with Gasteiger partial charge in [-0.25, -0.2) is 9.59 Å². The molecule has 0 bridgehead atoms. The van der Waals surface area contributed by atoms with Crippen LogP contribution < -0.4 is 10.6 Å². The van der Waals surface area contributed by atoms with E-state index in [0.717, 1.165) is 11.6 Å². The summed E-state index contributed by atoms with van der Waals surface area (Å²) in [5.74, 6) is -3.68. The zero-order valence-electron chi connectivity index (χ0n) is 20.2. The molecule has 0 saturated heterocycles. The zero-order valence-corrected chi connectivity index (χ0v) is 21.2. The Morgan fingerprint density at radius 3 is 2.09 bits per heavy atom. The second-order valence-electron chi connectivity index (χ2n) is 9.78. The summed E-state index contributed by atoms with van der Waals surface area (Å²) in [5, 5.41) is 22.6. The number of carboxylic acid groups (broad SMARTS) is 2. The highest BCUT2D eigenvalue weighted by Crippen LogP contribution is 2.14. The predicted octanol–water partition coefficient (Wildman–Crippen LogP) is 3.53. The number of alkyl carbamates (subject to hydrolysis) is 1. The molecule has 1 rings (SSSR count). The van der Waals surface area contributed by atoms with Gasteiger partial charge in [0.05, 0.1) is 0 Å². The van der Waals surface area contributed by atoms with E-state index in [4.69, 9.17) is 14.6 Å². The van der Waals surface area contributed by atoms with E-state index in [1.165, 1.54) is 0 Å². The Hall–Kier alpha value is -2.67. The number of pyridine rings is 1. The van der Waals surface area contributed by atoms with Gasteiger partial charge in [-0.15, -0.1) is 0 Å². The molecule has 0 spiro atoms. The quantitative estimate of drug-likeness (QED) is 0.371. The summed E-state index contributed by atoms with van der Waals surface area (Å²) in [6, 6.07) is 3.51. The maximum atomic E-state index is 12.2. The number of carboxylic acids is 2. The van der Waals surface area contributed by atoms with Crippen LogP contribution in [0.2, 0.25) is 25.7 Å². The summed E-state index contributed by atoms with van der Waals surface area (Å²) in [7, 11) is -1.49.